The molecule has 0 aromatic rings. The first-order valence-electron chi connectivity index (χ1n) is 5.73. The van der Waals surface area contributed by atoms with Crippen LogP contribution in [0, 0.1) is 0 Å². The fourth-order valence-electron chi connectivity index (χ4n) is 2.50. The van der Waals surface area contributed by atoms with Crippen molar-refractivity contribution in [1.29, 1.82) is 0 Å². The van der Waals surface area contributed by atoms with Gasteiger partial charge in [-0.2, -0.15) is 0 Å². The molecule has 92 valence electrons. The predicted molar refractivity (Wildman–Crippen MR) is 56.3 cm³/mol. The summed E-state index contributed by atoms with van der Waals surface area (Å²) < 4.78 is 25.4. The highest BCUT2D eigenvalue weighted by Gasteiger charge is 2.47. The van der Waals surface area contributed by atoms with Crippen LogP contribution in [0.25, 0.3) is 0 Å². The molecule has 2 fully saturated rings. The summed E-state index contributed by atoms with van der Waals surface area (Å²) in [5.41, 5.74) is -0.347. The minimum atomic E-state index is -2.49. The quantitative estimate of drug-likeness (QED) is 0.756. The summed E-state index contributed by atoms with van der Waals surface area (Å²) in [6.07, 6.45) is 1.05. The number of amides is 1. The number of carbonyl (C=O) groups excluding carboxylic acids is 1. The van der Waals surface area contributed by atoms with Gasteiger partial charge in [0.1, 0.15) is 0 Å². The normalized spacial score (nSPS) is 33.0. The van der Waals surface area contributed by atoms with Crippen molar-refractivity contribution in [3.8, 4) is 0 Å². The number of alkyl halides is 2. The lowest BCUT2D eigenvalue weighted by molar-refractivity contribution is -0.127. The lowest BCUT2D eigenvalue weighted by atomic mass is 9.82. The Labute approximate surface area is 94.0 Å². The fraction of sp³-hybridized carbons (Fsp3) is 0.909. The van der Waals surface area contributed by atoms with Crippen LogP contribution in [0.4, 0.5) is 8.78 Å². The van der Waals surface area contributed by atoms with E-state index in [9.17, 15) is 13.6 Å². The van der Waals surface area contributed by atoms with Crippen LogP contribution < -0.4 is 10.6 Å². The molecule has 1 saturated carbocycles. The summed E-state index contributed by atoms with van der Waals surface area (Å²) in [4.78, 5) is 11.2. The van der Waals surface area contributed by atoms with E-state index < -0.39 is 5.92 Å². The first-order valence-corrected chi connectivity index (χ1v) is 5.73. The van der Waals surface area contributed by atoms with Crippen molar-refractivity contribution >= 4 is 5.91 Å². The summed E-state index contributed by atoms with van der Waals surface area (Å²) in [6.45, 7) is 3.86. The lowest BCUT2D eigenvalue weighted by Crippen LogP contribution is -2.65. The second-order valence-electron chi connectivity index (χ2n) is 5.49. The molecule has 2 N–H and O–H groups in total. The van der Waals surface area contributed by atoms with Gasteiger partial charge in [-0.3, -0.25) is 4.79 Å². The highest BCUT2D eigenvalue weighted by molar-refractivity contribution is 5.77. The van der Waals surface area contributed by atoms with Gasteiger partial charge in [0, 0.05) is 36.9 Å². The second-order valence-corrected chi connectivity index (χ2v) is 5.49. The van der Waals surface area contributed by atoms with Crippen molar-refractivity contribution in [3.63, 3.8) is 0 Å². The number of piperidine rings is 1. The van der Waals surface area contributed by atoms with Gasteiger partial charge in [-0.15, -0.1) is 0 Å². The maximum Gasteiger partial charge on any atom is 0.251 e. The molecule has 0 spiro atoms. The molecule has 2 aliphatic rings. The summed E-state index contributed by atoms with van der Waals surface area (Å²) in [7, 11) is 0. The monoisotopic (exact) mass is 232 g/mol. The Hall–Kier alpha value is -0.710. The molecule has 1 amide bonds. The zero-order valence-corrected chi connectivity index (χ0v) is 9.65. The zero-order chi connectivity index (χ0) is 12.0. The molecule has 1 saturated heterocycles. The minimum Gasteiger partial charge on any atom is -0.350 e. The first kappa shape index (κ1) is 11.8. The van der Waals surface area contributed by atoms with Crippen molar-refractivity contribution < 1.29 is 13.6 Å². The molecule has 1 atom stereocenters. The van der Waals surface area contributed by atoms with Gasteiger partial charge in [0.05, 0.1) is 0 Å². The van der Waals surface area contributed by atoms with E-state index in [4.69, 9.17) is 0 Å². The van der Waals surface area contributed by atoms with Gasteiger partial charge in [-0.1, -0.05) is 0 Å². The van der Waals surface area contributed by atoms with Gasteiger partial charge < -0.3 is 10.6 Å². The summed E-state index contributed by atoms with van der Waals surface area (Å²) in [5.74, 6) is -2.44. The van der Waals surface area contributed by atoms with Crippen molar-refractivity contribution in [2.45, 2.75) is 63.1 Å². The van der Waals surface area contributed by atoms with E-state index in [1.165, 1.54) is 0 Å². The summed E-state index contributed by atoms with van der Waals surface area (Å²) in [6, 6.07) is -0.0134. The van der Waals surface area contributed by atoms with Crippen LogP contribution in [-0.4, -0.2) is 29.5 Å². The molecule has 1 aliphatic heterocycles. The molecule has 0 bridgehead atoms. The van der Waals surface area contributed by atoms with Gasteiger partial charge >= 0.3 is 0 Å². The lowest BCUT2D eigenvalue weighted by Gasteiger charge is -2.45. The van der Waals surface area contributed by atoms with E-state index in [2.05, 4.69) is 10.6 Å². The molecule has 1 aliphatic carbocycles. The van der Waals surface area contributed by atoms with E-state index in [0.717, 1.165) is 6.42 Å². The van der Waals surface area contributed by atoms with Crippen LogP contribution in [0.2, 0.25) is 0 Å². The molecular weight excluding hydrogens is 214 g/mol. The largest absolute Gasteiger partial charge is 0.350 e. The second kappa shape index (κ2) is 3.65. The van der Waals surface area contributed by atoms with E-state index in [-0.39, 0.29) is 36.4 Å². The Balaban J connectivity index is 1.88. The standard InChI is InChI=1S/C11H18F2N2O/c1-10(2)8(3-4-9(16)15-10)14-7-5-11(12,13)6-7/h7-8,14H,3-6H2,1-2H3,(H,15,16). The number of hydrogen-bond donors (Lipinski definition) is 2. The Morgan fingerprint density at radius 3 is 2.50 bits per heavy atom. The fourth-order valence-corrected chi connectivity index (χ4v) is 2.50. The van der Waals surface area contributed by atoms with E-state index >= 15 is 0 Å². The smallest absolute Gasteiger partial charge is 0.251 e. The third-order valence-corrected chi connectivity index (χ3v) is 3.52. The van der Waals surface area contributed by atoms with Gasteiger partial charge in [0.25, 0.3) is 5.92 Å². The van der Waals surface area contributed by atoms with Gasteiger partial charge in [-0.05, 0) is 20.3 Å². The SMILES string of the molecule is CC1(C)NC(=O)CCC1NC1CC(F)(F)C1. The highest BCUT2D eigenvalue weighted by Crippen LogP contribution is 2.38. The van der Waals surface area contributed by atoms with Crippen LogP contribution >= 0.6 is 0 Å². The molecule has 5 heteroatoms. The number of carbonyl (C=O) groups is 1. The topological polar surface area (TPSA) is 41.1 Å². The zero-order valence-electron chi connectivity index (χ0n) is 9.65. The van der Waals surface area contributed by atoms with Gasteiger partial charge in [0.15, 0.2) is 0 Å². The number of nitrogens with one attached hydrogen (secondary N) is 2. The van der Waals surface area contributed by atoms with Crippen molar-refractivity contribution in [3.05, 3.63) is 0 Å². The summed E-state index contributed by atoms with van der Waals surface area (Å²) in [5, 5.41) is 6.12. The molecule has 16 heavy (non-hydrogen) atoms. The van der Waals surface area contributed by atoms with E-state index in [1.807, 2.05) is 13.8 Å². The molecule has 0 radical (unpaired) electrons. The van der Waals surface area contributed by atoms with Crippen molar-refractivity contribution in [1.82, 2.24) is 10.6 Å². The molecule has 0 aromatic heterocycles. The number of halogens is 2. The maximum atomic E-state index is 12.7. The van der Waals surface area contributed by atoms with Gasteiger partial charge in [0.2, 0.25) is 5.91 Å². The predicted octanol–water partition coefficient (Wildman–Crippen LogP) is 1.43. The van der Waals surface area contributed by atoms with Crippen LogP contribution in [0.15, 0.2) is 0 Å². The number of hydrogen-bond acceptors (Lipinski definition) is 2. The molecule has 1 unspecified atom stereocenters. The third-order valence-electron chi connectivity index (χ3n) is 3.52. The molecular formula is C11H18F2N2O. The molecule has 1 heterocycles. The van der Waals surface area contributed by atoms with E-state index in [1.54, 1.807) is 0 Å². The van der Waals surface area contributed by atoms with Gasteiger partial charge in [-0.25, -0.2) is 8.78 Å². The Morgan fingerprint density at radius 1 is 1.38 bits per heavy atom. The van der Waals surface area contributed by atoms with Crippen molar-refractivity contribution in [2.75, 3.05) is 0 Å². The molecule has 0 aromatic carbocycles. The Morgan fingerprint density at radius 2 is 2.00 bits per heavy atom. The first-order chi connectivity index (χ1) is 7.28. The molecule has 3 nitrogen and oxygen atoms in total. The van der Waals surface area contributed by atoms with Crippen LogP contribution in [0.1, 0.15) is 39.5 Å². The number of rotatable bonds is 2. The maximum absolute atomic E-state index is 12.7. The van der Waals surface area contributed by atoms with Crippen molar-refractivity contribution in [2.24, 2.45) is 0 Å². The summed E-state index contributed by atoms with van der Waals surface area (Å²) >= 11 is 0. The molecule has 2 rings (SSSR count). The Bertz CT molecular complexity index is 296. The average Bonchev–Trinajstić information content (AvgIpc) is 2.05. The third kappa shape index (κ3) is 2.34. The highest BCUT2D eigenvalue weighted by atomic mass is 19.3. The minimum absolute atomic E-state index is 0.0435. The van der Waals surface area contributed by atoms with Crippen LogP contribution in [0.3, 0.4) is 0 Å². The van der Waals surface area contributed by atoms with E-state index in [0.29, 0.717) is 6.42 Å². The Kier molecular flexibility index (Phi) is 2.69. The van der Waals surface area contributed by atoms with Crippen LogP contribution in [0.5, 0.6) is 0 Å². The van der Waals surface area contributed by atoms with Crippen LogP contribution in [-0.2, 0) is 4.79 Å². The average molecular weight is 232 g/mol.